The van der Waals surface area contributed by atoms with E-state index < -0.39 is 17.6 Å². The van der Waals surface area contributed by atoms with Crippen molar-refractivity contribution in [2.45, 2.75) is 19.5 Å². The summed E-state index contributed by atoms with van der Waals surface area (Å²) in [6.07, 6.45) is -4.54. The van der Waals surface area contributed by atoms with Gasteiger partial charge in [-0.05, 0) is 48.9 Å². The number of halogens is 4. The minimum atomic E-state index is -4.52. The van der Waals surface area contributed by atoms with Crippen LogP contribution in [0.15, 0.2) is 36.4 Å². The van der Waals surface area contributed by atoms with Gasteiger partial charge in [-0.3, -0.25) is 4.79 Å². The van der Waals surface area contributed by atoms with Crippen molar-refractivity contribution in [3.8, 4) is 5.75 Å². The molecule has 27 heavy (non-hydrogen) atoms. The third kappa shape index (κ3) is 4.03. The average molecular weight is 397 g/mol. The lowest BCUT2D eigenvalue weighted by atomic mass is 10.1. The first kappa shape index (κ1) is 19.1. The second-order valence-electron chi connectivity index (χ2n) is 6.06. The predicted molar refractivity (Wildman–Crippen MR) is 98.4 cm³/mol. The molecule has 0 unspecified atom stereocenters. The number of amides is 1. The van der Waals surface area contributed by atoms with Crippen molar-refractivity contribution < 1.29 is 22.7 Å². The van der Waals surface area contributed by atoms with Gasteiger partial charge < -0.3 is 15.0 Å². The van der Waals surface area contributed by atoms with Gasteiger partial charge in [-0.25, -0.2) is 0 Å². The first-order chi connectivity index (χ1) is 12.7. The molecule has 0 saturated carbocycles. The maximum absolute atomic E-state index is 12.9. The highest BCUT2D eigenvalue weighted by Gasteiger charge is 2.31. The van der Waals surface area contributed by atoms with Gasteiger partial charge in [0.25, 0.3) is 0 Å². The number of fused-ring (bicyclic) bond motifs is 1. The van der Waals surface area contributed by atoms with Gasteiger partial charge in [-0.1, -0.05) is 11.6 Å². The highest BCUT2D eigenvalue weighted by atomic mass is 35.5. The normalized spacial score (nSPS) is 11.6. The molecule has 2 aromatic carbocycles. The lowest BCUT2D eigenvalue weighted by Crippen LogP contribution is -2.16. The fourth-order valence-electron chi connectivity index (χ4n) is 2.87. The van der Waals surface area contributed by atoms with Crippen LogP contribution < -0.4 is 10.1 Å². The van der Waals surface area contributed by atoms with Crippen LogP contribution in [0, 0.1) is 6.92 Å². The third-order valence-electron chi connectivity index (χ3n) is 4.23. The van der Waals surface area contributed by atoms with Gasteiger partial charge in [0, 0.05) is 16.6 Å². The van der Waals surface area contributed by atoms with Crippen LogP contribution in [0.25, 0.3) is 10.9 Å². The molecule has 0 aliphatic rings. The van der Waals surface area contributed by atoms with Gasteiger partial charge in [0.2, 0.25) is 5.91 Å². The quantitative estimate of drug-likeness (QED) is 0.625. The second-order valence-corrected chi connectivity index (χ2v) is 6.46. The van der Waals surface area contributed by atoms with Crippen molar-refractivity contribution in [1.29, 1.82) is 0 Å². The molecule has 0 bridgehead atoms. The van der Waals surface area contributed by atoms with Gasteiger partial charge in [0.05, 0.1) is 29.8 Å². The monoisotopic (exact) mass is 396 g/mol. The first-order valence-electron chi connectivity index (χ1n) is 8.01. The van der Waals surface area contributed by atoms with E-state index in [9.17, 15) is 18.0 Å². The fraction of sp³-hybridized carbons (Fsp3) is 0.211. The Morgan fingerprint density at radius 1 is 1.22 bits per heavy atom. The van der Waals surface area contributed by atoms with Crippen molar-refractivity contribution >= 4 is 34.1 Å². The number of alkyl halides is 3. The summed E-state index contributed by atoms with van der Waals surface area (Å²) in [5.41, 5.74) is 1.42. The van der Waals surface area contributed by atoms with Crippen LogP contribution in [0.1, 0.15) is 16.8 Å². The van der Waals surface area contributed by atoms with Crippen molar-refractivity contribution in [2.24, 2.45) is 0 Å². The lowest BCUT2D eigenvalue weighted by molar-refractivity contribution is -0.137. The Morgan fingerprint density at radius 3 is 2.63 bits per heavy atom. The summed E-state index contributed by atoms with van der Waals surface area (Å²) in [7, 11) is 1.54. The molecule has 0 radical (unpaired) electrons. The number of carbonyl (C=O) groups excluding carboxylic acids is 1. The van der Waals surface area contributed by atoms with E-state index in [-0.39, 0.29) is 17.1 Å². The molecule has 1 amide bonds. The number of ether oxygens (including phenoxy) is 1. The molecular formula is C19H16ClF3N2O2. The molecule has 4 nitrogen and oxygen atoms in total. The third-order valence-corrected chi connectivity index (χ3v) is 4.56. The van der Waals surface area contributed by atoms with Gasteiger partial charge in [0.15, 0.2) is 0 Å². The summed E-state index contributed by atoms with van der Waals surface area (Å²) in [5.74, 6) is 0.173. The van der Waals surface area contributed by atoms with Crippen molar-refractivity contribution in [3.63, 3.8) is 0 Å². The molecule has 8 heteroatoms. The van der Waals surface area contributed by atoms with Crippen molar-refractivity contribution in [1.82, 2.24) is 4.98 Å². The smallest absolute Gasteiger partial charge is 0.416 e. The molecule has 1 aromatic heterocycles. The van der Waals surface area contributed by atoms with Crippen LogP contribution in [-0.2, 0) is 17.4 Å². The number of methoxy groups -OCH3 is 1. The molecule has 3 aromatic rings. The zero-order chi connectivity index (χ0) is 19.8. The van der Waals surface area contributed by atoms with E-state index in [1.165, 1.54) is 0 Å². The van der Waals surface area contributed by atoms with E-state index in [2.05, 4.69) is 10.3 Å². The summed E-state index contributed by atoms with van der Waals surface area (Å²) >= 11 is 5.93. The number of hydrogen-bond donors (Lipinski definition) is 2. The Morgan fingerprint density at radius 2 is 1.96 bits per heavy atom. The molecule has 0 atom stereocenters. The van der Waals surface area contributed by atoms with Crippen LogP contribution >= 0.6 is 11.6 Å². The Balaban J connectivity index is 1.87. The number of hydrogen-bond acceptors (Lipinski definition) is 2. The first-order valence-corrected chi connectivity index (χ1v) is 8.38. The maximum Gasteiger partial charge on any atom is 0.416 e. The molecule has 0 spiro atoms. The molecule has 0 aliphatic heterocycles. The number of H-pyrrole nitrogens is 1. The minimum absolute atomic E-state index is 0.0222. The predicted octanol–water partition coefficient (Wildman–Crippen LogP) is 5.34. The van der Waals surface area contributed by atoms with Gasteiger partial charge in [-0.2, -0.15) is 13.2 Å². The highest BCUT2D eigenvalue weighted by molar-refractivity contribution is 6.33. The van der Waals surface area contributed by atoms with E-state index in [0.717, 1.165) is 40.4 Å². The summed E-state index contributed by atoms with van der Waals surface area (Å²) < 4.78 is 43.8. The Bertz CT molecular complexity index is 1010. The van der Waals surface area contributed by atoms with E-state index in [4.69, 9.17) is 16.3 Å². The molecular weight excluding hydrogens is 381 g/mol. The molecule has 0 aliphatic carbocycles. The molecule has 0 saturated heterocycles. The van der Waals surface area contributed by atoms with E-state index >= 15 is 0 Å². The Hall–Kier alpha value is -2.67. The van der Waals surface area contributed by atoms with Crippen molar-refractivity contribution in [3.05, 3.63) is 58.2 Å². The molecule has 2 N–H and O–H groups in total. The zero-order valence-electron chi connectivity index (χ0n) is 14.5. The van der Waals surface area contributed by atoms with Crippen LogP contribution in [0.2, 0.25) is 5.02 Å². The van der Waals surface area contributed by atoms with Crippen LogP contribution in [-0.4, -0.2) is 18.0 Å². The number of nitrogens with one attached hydrogen (secondary N) is 2. The lowest BCUT2D eigenvalue weighted by Gasteiger charge is -2.12. The van der Waals surface area contributed by atoms with Crippen LogP contribution in [0.5, 0.6) is 5.75 Å². The number of benzene rings is 2. The number of rotatable bonds is 4. The van der Waals surface area contributed by atoms with Crippen LogP contribution in [0.4, 0.5) is 18.9 Å². The van der Waals surface area contributed by atoms with Gasteiger partial charge in [0.1, 0.15) is 5.75 Å². The Labute approximate surface area is 158 Å². The number of carbonyl (C=O) groups is 1. The Kier molecular flexibility index (Phi) is 5.06. The van der Waals surface area contributed by atoms with Gasteiger partial charge >= 0.3 is 6.18 Å². The van der Waals surface area contributed by atoms with Crippen LogP contribution in [0.3, 0.4) is 0 Å². The summed E-state index contributed by atoms with van der Waals surface area (Å²) in [6, 6.07) is 8.25. The van der Waals surface area contributed by atoms with E-state index in [1.807, 2.05) is 13.0 Å². The minimum Gasteiger partial charge on any atom is -0.497 e. The zero-order valence-corrected chi connectivity index (χ0v) is 15.3. The number of aromatic nitrogens is 1. The maximum atomic E-state index is 12.9. The molecule has 0 fully saturated rings. The molecule has 142 valence electrons. The average Bonchev–Trinajstić information content (AvgIpc) is 2.90. The topological polar surface area (TPSA) is 54.1 Å². The van der Waals surface area contributed by atoms with E-state index in [0.29, 0.717) is 5.75 Å². The van der Waals surface area contributed by atoms with Crippen molar-refractivity contribution in [2.75, 3.05) is 12.4 Å². The fourth-order valence-corrected chi connectivity index (χ4v) is 3.03. The van der Waals surface area contributed by atoms with E-state index in [1.54, 1.807) is 19.2 Å². The SMILES string of the molecule is COc1ccc2[nH]c(C)c(CC(=O)Nc3cc(C(F)(F)F)ccc3Cl)c2c1. The standard InChI is InChI=1S/C19H16ClF3N2O2/c1-10-13(14-8-12(27-2)4-6-16(14)24-10)9-18(26)25-17-7-11(19(21,22)23)3-5-15(17)20/h3-8,24H,9H2,1-2H3,(H,25,26). The molecule has 1 heterocycles. The summed E-state index contributed by atoms with van der Waals surface area (Å²) in [4.78, 5) is 15.6. The number of aromatic amines is 1. The summed E-state index contributed by atoms with van der Waals surface area (Å²) in [5, 5.41) is 3.32. The number of anilines is 1. The number of aryl methyl sites for hydroxylation is 1. The summed E-state index contributed by atoms with van der Waals surface area (Å²) in [6.45, 7) is 1.83. The molecule has 3 rings (SSSR count). The van der Waals surface area contributed by atoms with Gasteiger partial charge in [-0.15, -0.1) is 0 Å². The largest absolute Gasteiger partial charge is 0.497 e. The second kappa shape index (κ2) is 7.15. The highest BCUT2D eigenvalue weighted by Crippen LogP contribution is 2.34.